The number of benzene rings is 18. The van der Waals surface area contributed by atoms with Gasteiger partial charge in [0.15, 0.2) is 0 Å². The van der Waals surface area contributed by atoms with Gasteiger partial charge < -0.3 is 0 Å². The maximum absolute atomic E-state index is 5.38. The average Bonchev–Trinajstić information content (AvgIpc) is 1.51. The summed E-state index contributed by atoms with van der Waals surface area (Å²) in [5.41, 5.74) is 25.0. The van der Waals surface area contributed by atoms with Gasteiger partial charge in [-0.25, -0.2) is 15.0 Å². The Labute approximate surface area is 689 Å². The molecule has 0 spiro atoms. The third kappa shape index (κ3) is 11.7. The summed E-state index contributed by atoms with van der Waals surface area (Å²) in [5.74, 6) is 0. The molecule has 0 fully saturated rings. The second-order valence-corrected chi connectivity index (χ2v) is 34.6. The van der Waals surface area contributed by atoms with Crippen LogP contribution in [0.2, 0.25) is 0 Å². The van der Waals surface area contributed by atoms with Crippen molar-refractivity contribution in [2.75, 3.05) is 0 Å². The van der Waals surface area contributed by atoms with Gasteiger partial charge in [-0.3, -0.25) is 0 Å². The van der Waals surface area contributed by atoms with E-state index in [9.17, 15) is 0 Å². The molecule has 3 nitrogen and oxygen atoms in total. The first-order valence-electron chi connectivity index (χ1n) is 40.2. The van der Waals surface area contributed by atoms with Crippen molar-refractivity contribution in [3.63, 3.8) is 0 Å². The van der Waals surface area contributed by atoms with E-state index in [1.165, 1.54) is 214 Å². The smallest absolute Gasteiger partial charge is 0.0794 e. The zero-order valence-electron chi connectivity index (χ0n) is 65.5. The molecule has 0 aliphatic carbocycles. The van der Waals surface area contributed by atoms with Gasteiger partial charge in [0.2, 0.25) is 0 Å². The van der Waals surface area contributed by atoms with Gasteiger partial charge in [-0.05, 0) is 208 Å². The number of aryl methyl sites for hydroxylation is 6. The van der Waals surface area contributed by atoms with Crippen LogP contribution >= 0.6 is 34.0 Å². The lowest BCUT2D eigenvalue weighted by Gasteiger charge is -2.14. The lowest BCUT2D eigenvalue weighted by atomic mass is 9.93. The second kappa shape index (κ2) is 28.2. The average molecular weight is 1550 g/mol. The summed E-state index contributed by atoms with van der Waals surface area (Å²) in [7, 11) is 0. The number of hydrogen-bond donors (Lipinski definition) is 0. The second-order valence-electron chi connectivity index (χ2n) is 31.5. The van der Waals surface area contributed by atoms with Crippen molar-refractivity contribution in [1.29, 1.82) is 0 Å². The Morgan fingerprint density at radius 2 is 0.444 bits per heavy atom. The topological polar surface area (TPSA) is 38.7 Å². The summed E-state index contributed by atoms with van der Waals surface area (Å²) in [6, 6.07) is 126. The Kier molecular flexibility index (Phi) is 16.9. The van der Waals surface area contributed by atoms with Gasteiger partial charge in [-0.1, -0.05) is 278 Å². The van der Waals surface area contributed by atoms with Crippen molar-refractivity contribution in [1.82, 2.24) is 15.0 Å². The fraction of sp³-hybridized carbons (Fsp3) is 0.0541. The van der Waals surface area contributed by atoms with Crippen molar-refractivity contribution in [2.45, 2.75) is 41.5 Å². The highest BCUT2D eigenvalue weighted by molar-refractivity contribution is 7.27. The highest BCUT2D eigenvalue weighted by Gasteiger charge is 2.23. The largest absolute Gasteiger partial charge is 0.247 e. The Morgan fingerprint density at radius 1 is 0.162 bits per heavy atom. The maximum atomic E-state index is 5.38. The number of thiophene rings is 3. The first kappa shape index (κ1) is 70.1. The fourth-order valence-electron chi connectivity index (χ4n) is 18.7. The quantitative estimate of drug-likeness (QED) is 0.156. The van der Waals surface area contributed by atoms with Crippen molar-refractivity contribution in [3.8, 4) is 67.2 Å². The third-order valence-corrected chi connectivity index (χ3v) is 28.0. The van der Waals surface area contributed by atoms with E-state index in [1.807, 2.05) is 34.0 Å². The van der Waals surface area contributed by atoms with Crippen LogP contribution in [0.5, 0.6) is 0 Å². The SMILES string of the molecule is Cc1cc(C)c2sc3c(-c4ccccc4-c4ccc5c6ccccc6c6ccccc6c5n4)cc(C)cc3c2c1.Cc1ccc2sc3c(-c4ccccc4-c4ccc5c6ccccc6c6ccccc6c5n4)cc(C)cc3c2c1.Cc1cccc2c1sc1c(-c3ccccc3-c3ccc4c5ccccc5c5ccccc5c4n3)cccc12. The van der Waals surface area contributed by atoms with E-state index in [4.69, 9.17) is 15.0 Å². The molecule has 18 aromatic carbocycles. The summed E-state index contributed by atoms with van der Waals surface area (Å²) in [5, 5.41) is 26.6. The van der Waals surface area contributed by atoms with Crippen LogP contribution in [-0.4, -0.2) is 15.0 Å². The lowest BCUT2D eigenvalue weighted by Crippen LogP contribution is -1.92. The number of fused-ring (bicyclic) bond motifs is 27. The van der Waals surface area contributed by atoms with E-state index in [2.05, 4.69) is 387 Å². The molecular weight excluding hydrogens is 1470 g/mol. The van der Waals surface area contributed by atoms with Gasteiger partial charge in [-0.15, -0.1) is 34.0 Å². The first-order chi connectivity index (χ1) is 57.5. The van der Waals surface area contributed by atoms with Crippen LogP contribution in [0.1, 0.15) is 33.4 Å². The van der Waals surface area contributed by atoms with Gasteiger partial charge in [0.1, 0.15) is 0 Å². The van der Waals surface area contributed by atoms with E-state index >= 15 is 0 Å². The highest BCUT2D eigenvalue weighted by atomic mass is 32.1. The number of hydrogen-bond acceptors (Lipinski definition) is 6. The molecule has 0 aliphatic rings. The predicted molar refractivity (Wildman–Crippen MR) is 510 cm³/mol. The fourth-order valence-corrected chi connectivity index (χ4v) is 22.5. The number of aromatic nitrogens is 3. The minimum atomic E-state index is 1.00. The van der Waals surface area contributed by atoms with Gasteiger partial charge >= 0.3 is 0 Å². The molecule has 0 radical (unpaired) electrons. The summed E-state index contributed by atoms with van der Waals surface area (Å²) in [6.45, 7) is 13.2. The van der Waals surface area contributed by atoms with Crippen molar-refractivity contribution >= 4 is 192 Å². The number of pyridine rings is 3. The monoisotopic (exact) mass is 1550 g/mol. The molecule has 0 unspecified atom stereocenters. The Balaban J connectivity index is 0.000000106. The summed E-state index contributed by atoms with van der Waals surface area (Å²) in [4.78, 5) is 16.1. The molecule has 0 aliphatic heterocycles. The molecule has 0 amide bonds. The summed E-state index contributed by atoms with van der Waals surface area (Å²) >= 11 is 5.71. The maximum Gasteiger partial charge on any atom is 0.0794 e. The van der Waals surface area contributed by atoms with Crippen LogP contribution < -0.4 is 0 Å². The van der Waals surface area contributed by atoms with Crippen LogP contribution in [0.3, 0.4) is 0 Å². The van der Waals surface area contributed by atoms with E-state index in [0.717, 1.165) is 44.8 Å². The molecule has 24 aromatic rings. The normalized spacial score (nSPS) is 11.8. The first-order valence-corrected chi connectivity index (χ1v) is 42.6. The third-order valence-electron chi connectivity index (χ3n) is 24.0. The van der Waals surface area contributed by atoms with Crippen LogP contribution in [0.4, 0.5) is 0 Å². The van der Waals surface area contributed by atoms with Crippen LogP contribution in [0.25, 0.3) is 225 Å². The summed E-state index contributed by atoms with van der Waals surface area (Å²) < 4.78 is 8.11. The zero-order chi connectivity index (χ0) is 78.3. The Bertz CT molecular complexity index is 8190. The molecule has 0 bridgehead atoms. The molecule has 0 saturated carbocycles. The van der Waals surface area contributed by atoms with Gasteiger partial charge in [0.25, 0.3) is 0 Å². The molecule has 24 rings (SSSR count). The zero-order valence-corrected chi connectivity index (χ0v) is 67.9. The van der Waals surface area contributed by atoms with Gasteiger partial charge in [0, 0.05) is 126 Å². The molecule has 6 heteroatoms. The number of nitrogens with zero attached hydrogens (tertiary/aromatic N) is 3. The van der Waals surface area contributed by atoms with Crippen LogP contribution in [-0.2, 0) is 0 Å². The molecular formula is C111H75N3S3. The molecule has 6 aromatic heterocycles. The van der Waals surface area contributed by atoms with Crippen molar-refractivity contribution < 1.29 is 0 Å². The lowest BCUT2D eigenvalue weighted by molar-refractivity contribution is 1.41. The van der Waals surface area contributed by atoms with E-state index in [-0.39, 0.29) is 0 Å². The molecule has 552 valence electrons. The van der Waals surface area contributed by atoms with Crippen LogP contribution in [0, 0.1) is 41.5 Å². The molecule has 117 heavy (non-hydrogen) atoms. The molecule has 6 heterocycles. The molecule has 0 saturated heterocycles. The van der Waals surface area contributed by atoms with Gasteiger partial charge in [0.05, 0.1) is 33.6 Å². The van der Waals surface area contributed by atoms with Gasteiger partial charge in [-0.2, -0.15) is 0 Å². The number of rotatable bonds is 6. The minimum absolute atomic E-state index is 1.00. The Hall–Kier alpha value is -13.6. The van der Waals surface area contributed by atoms with E-state index in [0.29, 0.717) is 0 Å². The molecule has 0 N–H and O–H groups in total. The summed E-state index contributed by atoms with van der Waals surface area (Å²) in [6.07, 6.45) is 0. The van der Waals surface area contributed by atoms with E-state index in [1.54, 1.807) is 0 Å². The van der Waals surface area contributed by atoms with E-state index < -0.39 is 0 Å². The molecule has 0 atom stereocenters. The predicted octanol–water partition coefficient (Wildman–Crippen LogP) is 32.6. The van der Waals surface area contributed by atoms with Crippen molar-refractivity contribution in [2.24, 2.45) is 0 Å². The van der Waals surface area contributed by atoms with Crippen LogP contribution in [0.15, 0.2) is 346 Å². The minimum Gasteiger partial charge on any atom is -0.247 e. The Morgan fingerprint density at radius 3 is 0.872 bits per heavy atom. The standard InChI is InChI=1S/C38H27NS.C37H25NS.C36H23NS/c1-22-18-24(3)37-33(19-22)34-21-23(2)20-32(38(34)40-37)28-13-6-8-14-29(28)35-17-16-31-27-12-5-4-10-25(27)26-11-7-9-15-30(26)36(31)39-35;1-22-15-18-35-31(19-22)33-21-23(2)20-32(37(33)39-35)27-12-5-7-13-28(27)34-17-16-30-26-11-4-3-9-24(26)25-10-6-8-14-29(25)36(30)38-34;1-22-10-8-17-31-32-19-9-18-30(36(32)38-35(22)31)26-14-4-6-15-27(26)33-21-20-29-25-13-3-2-11-23(25)24-12-5-7-16-28(24)34(29)37-33/h4-21H,1-3H3;3-21H,1-2H3;2-21H,1H3. The van der Waals surface area contributed by atoms with Crippen molar-refractivity contribution in [3.05, 3.63) is 379 Å². The highest BCUT2D eigenvalue weighted by Crippen LogP contribution is 2.50.